The van der Waals surface area contributed by atoms with Gasteiger partial charge in [0.2, 0.25) is 0 Å². The standard InChI is InChI=1S/C14H23N5O2.C11H9F3N2/c1-15-13-11-9-18(14(20)16-2)6-3-12(11)19(17-13)10-4-7-21-8-5-10;1-16-6-7(5-15-16)10-4-8(12)2-3-9(10)11(13)14/h10H,3-9H2,1-2H3,(H,15,17)(H,16,20);2-6,11H,1H3. The van der Waals surface area contributed by atoms with E-state index in [1.54, 1.807) is 20.3 Å². The molecule has 0 spiro atoms. The van der Waals surface area contributed by atoms with E-state index in [1.807, 2.05) is 11.9 Å². The minimum atomic E-state index is -2.63. The number of carbonyl (C=O) groups is 1. The highest BCUT2D eigenvalue weighted by atomic mass is 19.3. The molecule has 1 saturated heterocycles. The normalized spacial score (nSPS) is 15.7. The Balaban J connectivity index is 0.000000180. The predicted molar refractivity (Wildman–Crippen MR) is 133 cm³/mol. The lowest BCUT2D eigenvalue weighted by molar-refractivity contribution is 0.0652. The fourth-order valence-corrected chi connectivity index (χ4v) is 4.74. The molecule has 0 saturated carbocycles. The third-order valence-electron chi connectivity index (χ3n) is 6.63. The van der Waals surface area contributed by atoms with Crippen LogP contribution in [0.2, 0.25) is 0 Å². The molecule has 37 heavy (non-hydrogen) atoms. The number of hydrogen-bond acceptors (Lipinski definition) is 5. The van der Waals surface area contributed by atoms with E-state index in [4.69, 9.17) is 9.84 Å². The molecule has 0 unspecified atom stereocenters. The Labute approximate surface area is 213 Å². The van der Waals surface area contributed by atoms with Crippen LogP contribution in [0, 0.1) is 5.82 Å². The van der Waals surface area contributed by atoms with E-state index >= 15 is 0 Å². The van der Waals surface area contributed by atoms with Gasteiger partial charge in [-0.2, -0.15) is 10.2 Å². The maximum Gasteiger partial charge on any atom is 0.317 e. The Morgan fingerprint density at radius 2 is 1.97 bits per heavy atom. The van der Waals surface area contributed by atoms with Crippen molar-refractivity contribution in [2.75, 3.05) is 39.2 Å². The van der Waals surface area contributed by atoms with Gasteiger partial charge in [-0.15, -0.1) is 0 Å². The van der Waals surface area contributed by atoms with Crippen LogP contribution in [0.1, 0.15) is 42.1 Å². The molecule has 2 aliphatic rings. The van der Waals surface area contributed by atoms with Crippen LogP contribution in [0.5, 0.6) is 0 Å². The number of fused-ring (bicyclic) bond motifs is 1. The van der Waals surface area contributed by atoms with E-state index in [2.05, 4.69) is 20.4 Å². The molecule has 0 aliphatic carbocycles. The Bertz CT molecular complexity index is 1220. The quantitative estimate of drug-likeness (QED) is 0.541. The van der Waals surface area contributed by atoms with Gasteiger partial charge in [-0.1, -0.05) is 0 Å². The van der Waals surface area contributed by atoms with Crippen molar-refractivity contribution in [2.45, 2.75) is 38.3 Å². The number of anilines is 1. The van der Waals surface area contributed by atoms with Crippen LogP contribution >= 0.6 is 0 Å². The first kappa shape index (κ1) is 26.5. The molecule has 3 aromatic rings. The van der Waals surface area contributed by atoms with Crippen LogP contribution in [-0.2, 0) is 24.8 Å². The van der Waals surface area contributed by atoms with Crippen LogP contribution in [0.4, 0.5) is 23.8 Å². The van der Waals surface area contributed by atoms with Crippen molar-refractivity contribution in [3.63, 3.8) is 0 Å². The summed E-state index contributed by atoms with van der Waals surface area (Å²) in [5.41, 5.74) is 2.90. The number of benzene rings is 1. The van der Waals surface area contributed by atoms with Crippen molar-refractivity contribution >= 4 is 11.8 Å². The number of amides is 2. The number of ether oxygens (including phenoxy) is 1. The van der Waals surface area contributed by atoms with Crippen LogP contribution in [0.15, 0.2) is 30.6 Å². The monoisotopic (exact) mass is 519 g/mol. The number of aromatic nitrogens is 4. The Hall–Kier alpha value is -3.54. The van der Waals surface area contributed by atoms with Gasteiger partial charge < -0.3 is 20.3 Å². The molecule has 2 N–H and O–H groups in total. The summed E-state index contributed by atoms with van der Waals surface area (Å²) < 4.78 is 47.5. The lowest BCUT2D eigenvalue weighted by atomic mass is 10.0. The highest BCUT2D eigenvalue weighted by Gasteiger charge is 2.29. The van der Waals surface area contributed by atoms with Gasteiger partial charge in [-0.05, 0) is 36.6 Å². The Morgan fingerprint density at radius 3 is 2.59 bits per heavy atom. The molecule has 1 aromatic carbocycles. The first-order valence-corrected chi connectivity index (χ1v) is 12.2. The molecule has 1 fully saturated rings. The largest absolute Gasteiger partial charge is 0.381 e. The van der Waals surface area contributed by atoms with E-state index in [-0.39, 0.29) is 17.2 Å². The minimum Gasteiger partial charge on any atom is -0.381 e. The zero-order valence-electron chi connectivity index (χ0n) is 21.2. The summed E-state index contributed by atoms with van der Waals surface area (Å²) in [6.45, 7) is 2.97. The average molecular weight is 520 g/mol. The fourth-order valence-electron chi connectivity index (χ4n) is 4.74. The zero-order chi connectivity index (χ0) is 26.5. The van der Waals surface area contributed by atoms with Gasteiger partial charge in [0, 0.05) is 75.9 Å². The third-order valence-corrected chi connectivity index (χ3v) is 6.63. The molecule has 2 aromatic heterocycles. The number of nitrogens with one attached hydrogen (secondary N) is 2. The molecule has 5 rings (SSSR count). The summed E-state index contributed by atoms with van der Waals surface area (Å²) in [5, 5.41) is 14.5. The van der Waals surface area contributed by atoms with E-state index in [0.29, 0.717) is 18.2 Å². The van der Waals surface area contributed by atoms with Crippen LogP contribution in [0.3, 0.4) is 0 Å². The molecule has 200 valence electrons. The predicted octanol–water partition coefficient (Wildman–Crippen LogP) is 4.14. The van der Waals surface area contributed by atoms with Crippen LogP contribution in [-0.4, -0.2) is 64.3 Å². The zero-order valence-corrected chi connectivity index (χ0v) is 21.2. The Kier molecular flexibility index (Phi) is 8.37. The van der Waals surface area contributed by atoms with Gasteiger partial charge in [-0.25, -0.2) is 18.0 Å². The highest BCUT2D eigenvalue weighted by molar-refractivity contribution is 5.74. The van der Waals surface area contributed by atoms with Crippen molar-refractivity contribution in [1.29, 1.82) is 0 Å². The second-order valence-corrected chi connectivity index (χ2v) is 8.97. The highest BCUT2D eigenvalue weighted by Crippen LogP contribution is 2.32. The number of rotatable bonds is 4. The molecule has 0 atom stereocenters. The van der Waals surface area contributed by atoms with E-state index < -0.39 is 12.2 Å². The summed E-state index contributed by atoms with van der Waals surface area (Å²) in [4.78, 5) is 13.7. The molecule has 0 bridgehead atoms. The average Bonchev–Trinajstić information content (AvgIpc) is 3.52. The summed E-state index contributed by atoms with van der Waals surface area (Å²) in [5.74, 6) is 0.355. The van der Waals surface area contributed by atoms with Gasteiger partial charge >= 0.3 is 6.03 Å². The molecule has 4 heterocycles. The second kappa shape index (κ2) is 11.7. The van der Waals surface area contributed by atoms with Gasteiger partial charge in [-0.3, -0.25) is 9.36 Å². The fraction of sp³-hybridized carbons (Fsp3) is 0.480. The second-order valence-electron chi connectivity index (χ2n) is 8.97. The number of nitrogens with zero attached hydrogens (tertiary/aromatic N) is 5. The number of hydrogen-bond donors (Lipinski definition) is 2. The number of alkyl halides is 2. The van der Waals surface area contributed by atoms with Crippen LogP contribution < -0.4 is 10.6 Å². The topological polar surface area (TPSA) is 89.2 Å². The smallest absolute Gasteiger partial charge is 0.317 e. The third kappa shape index (κ3) is 5.90. The number of carbonyl (C=O) groups excluding carboxylic acids is 1. The maximum absolute atomic E-state index is 13.0. The molecule has 9 nitrogen and oxygen atoms in total. The summed E-state index contributed by atoms with van der Waals surface area (Å²) in [7, 11) is 5.23. The molecule has 2 aliphatic heterocycles. The first-order valence-electron chi connectivity index (χ1n) is 12.2. The van der Waals surface area contributed by atoms with Crippen molar-refractivity contribution in [3.8, 4) is 11.1 Å². The van der Waals surface area contributed by atoms with E-state index in [9.17, 15) is 18.0 Å². The van der Waals surface area contributed by atoms with E-state index in [0.717, 1.165) is 68.6 Å². The minimum absolute atomic E-state index is 0.0264. The summed E-state index contributed by atoms with van der Waals surface area (Å²) in [6, 6.07) is 3.62. The molecular weight excluding hydrogens is 487 g/mol. The number of aryl methyl sites for hydroxylation is 1. The van der Waals surface area contributed by atoms with Gasteiger partial charge in [0.05, 0.1) is 18.8 Å². The molecule has 2 amide bonds. The summed E-state index contributed by atoms with van der Waals surface area (Å²) >= 11 is 0. The number of urea groups is 1. The lowest BCUT2D eigenvalue weighted by Gasteiger charge is -2.29. The Morgan fingerprint density at radius 1 is 1.22 bits per heavy atom. The van der Waals surface area contributed by atoms with E-state index in [1.165, 1.54) is 16.6 Å². The van der Waals surface area contributed by atoms with Crippen molar-refractivity contribution in [2.24, 2.45) is 7.05 Å². The molecule has 12 heteroatoms. The van der Waals surface area contributed by atoms with Gasteiger partial charge in [0.1, 0.15) is 5.82 Å². The van der Waals surface area contributed by atoms with Crippen molar-refractivity contribution in [3.05, 3.63) is 53.2 Å². The maximum atomic E-state index is 13.0. The summed E-state index contributed by atoms with van der Waals surface area (Å²) in [6.07, 6.45) is 3.25. The van der Waals surface area contributed by atoms with Crippen LogP contribution in [0.25, 0.3) is 11.1 Å². The number of halogens is 3. The van der Waals surface area contributed by atoms with Crippen molar-refractivity contribution in [1.82, 2.24) is 29.8 Å². The lowest BCUT2D eigenvalue weighted by Crippen LogP contribution is -2.41. The van der Waals surface area contributed by atoms with Gasteiger partial charge in [0.15, 0.2) is 5.82 Å². The first-order chi connectivity index (χ1) is 17.8. The SMILES string of the molecule is CNC(=O)N1CCc2c(c(NC)nn2C2CCOCC2)C1.Cn1cc(-c2cc(F)ccc2C(F)F)cn1. The van der Waals surface area contributed by atoms with Crippen molar-refractivity contribution < 1.29 is 22.7 Å². The molecular formula is C25H32F3N7O2. The van der Waals surface area contributed by atoms with Gasteiger partial charge in [0.25, 0.3) is 6.43 Å². The molecule has 0 radical (unpaired) electrons.